The molecule has 0 fully saturated rings. The van der Waals surface area contributed by atoms with Crippen LogP contribution in [0.3, 0.4) is 0 Å². The van der Waals surface area contributed by atoms with E-state index in [1.165, 1.54) is 6.20 Å². The molecular formula is C13H22Cl2IN5O. The summed E-state index contributed by atoms with van der Waals surface area (Å²) in [5.41, 5.74) is 5.73. The van der Waals surface area contributed by atoms with Crippen LogP contribution >= 0.6 is 47.2 Å². The van der Waals surface area contributed by atoms with E-state index in [1.54, 1.807) is 6.07 Å². The summed E-state index contributed by atoms with van der Waals surface area (Å²) in [6, 6.07) is 1.64. The van der Waals surface area contributed by atoms with Gasteiger partial charge in [-0.25, -0.2) is 4.98 Å². The van der Waals surface area contributed by atoms with Gasteiger partial charge in [0.15, 0.2) is 5.96 Å². The maximum absolute atomic E-state index is 5.99. The summed E-state index contributed by atoms with van der Waals surface area (Å²) in [7, 11) is 0. The third-order valence-electron chi connectivity index (χ3n) is 2.46. The number of rotatable bonds is 9. The lowest BCUT2D eigenvalue weighted by atomic mass is 10.4. The van der Waals surface area contributed by atoms with Crippen molar-refractivity contribution in [1.82, 2.24) is 10.3 Å². The van der Waals surface area contributed by atoms with E-state index in [0.717, 1.165) is 13.0 Å². The number of ether oxygens (including phenoxy) is 1. The third kappa shape index (κ3) is 9.50. The smallest absolute Gasteiger partial charge is 0.188 e. The van der Waals surface area contributed by atoms with Crippen LogP contribution in [0.15, 0.2) is 17.3 Å². The number of aliphatic imine (C=N–C) groups is 1. The molecule has 22 heavy (non-hydrogen) atoms. The van der Waals surface area contributed by atoms with Gasteiger partial charge in [0.05, 0.1) is 10.0 Å². The van der Waals surface area contributed by atoms with E-state index in [-0.39, 0.29) is 24.0 Å². The summed E-state index contributed by atoms with van der Waals surface area (Å²) >= 11 is 11.8. The van der Waals surface area contributed by atoms with Gasteiger partial charge in [-0.15, -0.1) is 24.0 Å². The lowest BCUT2D eigenvalue weighted by molar-refractivity contribution is 0.146. The molecule has 0 amide bonds. The maximum Gasteiger partial charge on any atom is 0.188 e. The van der Waals surface area contributed by atoms with Crippen molar-refractivity contribution in [2.75, 3.05) is 38.2 Å². The van der Waals surface area contributed by atoms with Crippen LogP contribution < -0.4 is 16.4 Å². The second-order valence-electron chi connectivity index (χ2n) is 4.15. The van der Waals surface area contributed by atoms with Gasteiger partial charge in [0.25, 0.3) is 0 Å². The molecule has 1 rings (SSSR count). The standard InChI is InChI=1S/C13H21Cl2N5O.HI/c1-2-21-7-3-4-18-13(16)19-6-5-17-12-11(15)8-10(14)9-20-12;/h8-9H,2-7H2,1H3,(H,17,20)(H3,16,18,19);1H. The van der Waals surface area contributed by atoms with E-state index in [4.69, 9.17) is 33.7 Å². The normalized spacial score (nSPS) is 11.0. The summed E-state index contributed by atoms with van der Waals surface area (Å²) in [6.45, 7) is 5.27. The van der Waals surface area contributed by atoms with Crippen LogP contribution in [-0.2, 0) is 4.74 Å². The van der Waals surface area contributed by atoms with Crippen molar-refractivity contribution in [3.63, 3.8) is 0 Å². The Kier molecular flexibility index (Phi) is 12.7. The lowest BCUT2D eigenvalue weighted by Crippen LogP contribution is -2.35. The van der Waals surface area contributed by atoms with E-state index in [2.05, 4.69) is 20.6 Å². The molecule has 126 valence electrons. The predicted molar refractivity (Wildman–Crippen MR) is 104 cm³/mol. The summed E-state index contributed by atoms with van der Waals surface area (Å²) in [6.07, 6.45) is 2.40. The Morgan fingerprint density at radius 3 is 2.86 bits per heavy atom. The van der Waals surface area contributed by atoms with Gasteiger partial charge in [0.2, 0.25) is 0 Å². The summed E-state index contributed by atoms with van der Waals surface area (Å²) in [5, 5.41) is 7.08. The molecule has 0 saturated heterocycles. The molecule has 1 aromatic rings. The second kappa shape index (κ2) is 13.0. The number of hydrogen-bond acceptors (Lipinski definition) is 4. The predicted octanol–water partition coefficient (Wildman–Crippen LogP) is 2.75. The summed E-state index contributed by atoms with van der Waals surface area (Å²) < 4.78 is 5.21. The molecule has 9 heteroatoms. The molecule has 0 saturated carbocycles. The van der Waals surface area contributed by atoms with Gasteiger partial charge in [-0.2, -0.15) is 0 Å². The molecule has 0 spiro atoms. The van der Waals surface area contributed by atoms with E-state index >= 15 is 0 Å². The van der Waals surface area contributed by atoms with Gasteiger partial charge in [-0.05, 0) is 19.4 Å². The topological polar surface area (TPSA) is 84.6 Å². The molecule has 0 bridgehead atoms. The number of hydrogen-bond donors (Lipinski definition) is 3. The first-order chi connectivity index (χ1) is 10.1. The van der Waals surface area contributed by atoms with Crippen molar-refractivity contribution >= 4 is 59.0 Å². The molecule has 0 unspecified atom stereocenters. The molecule has 1 heterocycles. The van der Waals surface area contributed by atoms with Crippen molar-refractivity contribution in [2.24, 2.45) is 10.7 Å². The Labute approximate surface area is 158 Å². The van der Waals surface area contributed by atoms with Crippen LogP contribution in [0.5, 0.6) is 0 Å². The SMILES string of the molecule is CCOCCCN=C(N)NCCNc1ncc(Cl)cc1Cl.I. The van der Waals surface area contributed by atoms with E-state index < -0.39 is 0 Å². The van der Waals surface area contributed by atoms with Crippen molar-refractivity contribution in [2.45, 2.75) is 13.3 Å². The second-order valence-corrected chi connectivity index (χ2v) is 5.00. The lowest BCUT2D eigenvalue weighted by Gasteiger charge is -2.09. The minimum absolute atomic E-state index is 0. The average Bonchev–Trinajstić information content (AvgIpc) is 2.45. The molecule has 0 aliphatic carbocycles. The van der Waals surface area contributed by atoms with Crippen LogP contribution in [0.1, 0.15) is 13.3 Å². The number of nitrogens with zero attached hydrogens (tertiary/aromatic N) is 2. The van der Waals surface area contributed by atoms with E-state index in [0.29, 0.717) is 48.1 Å². The molecule has 1 aromatic heterocycles. The number of aromatic nitrogens is 1. The monoisotopic (exact) mass is 461 g/mol. The molecule has 0 aromatic carbocycles. The Balaban J connectivity index is 0.00000441. The van der Waals surface area contributed by atoms with Crippen LogP contribution in [0.2, 0.25) is 10.0 Å². The van der Waals surface area contributed by atoms with Crippen molar-refractivity contribution in [3.8, 4) is 0 Å². The van der Waals surface area contributed by atoms with Crippen molar-refractivity contribution in [3.05, 3.63) is 22.3 Å². The largest absolute Gasteiger partial charge is 0.382 e. The van der Waals surface area contributed by atoms with Gasteiger partial charge < -0.3 is 21.1 Å². The summed E-state index contributed by atoms with van der Waals surface area (Å²) in [5.74, 6) is 1.01. The molecule has 0 atom stereocenters. The zero-order chi connectivity index (χ0) is 15.5. The Morgan fingerprint density at radius 1 is 1.41 bits per heavy atom. The minimum Gasteiger partial charge on any atom is -0.382 e. The summed E-state index contributed by atoms with van der Waals surface area (Å²) in [4.78, 5) is 8.28. The Morgan fingerprint density at radius 2 is 2.18 bits per heavy atom. The van der Waals surface area contributed by atoms with E-state index in [9.17, 15) is 0 Å². The zero-order valence-corrected chi connectivity index (χ0v) is 16.3. The van der Waals surface area contributed by atoms with Crippen LogP contribution in [0.25, 0.3) is 0 Å². The first-order valence-corrected chi connectivity index (χ1v) is 7.55. The third-order valence-corrected chi connectivity index (χ3v) is 2.96. The van der Waals surface area contributed by atoms with Crippen LogP contribution in [0, 0.1) is 0 Å². The number of pyridine rings is 1. The Bertz CT molecular complexity index is 462. The number of anilines is 1. The Hall–Kier alpha value is -0.510. The van der Waals surface area contributed by atoms with Gasteiger partial charge in [0, 0.05) is 39.0 Å². The molecule has 0 aliphatic rings. The number of halogens is 3. The zero-order valence-electron chi connectivity index (χ0n) is 12.4. The first-order valence-electron chi connectivity index (χ1n) is 6.80. The fourth-order valence-corrected chi connectivity index (χ4v) is 1.93. The highest BCUT2D eigenvalue weighted by molar-refractivity contribution is 14.0. The molecule has 0 radical (unpaired) electrons. The van der Waals surface area contributed by atoms with Crippen molar-refractivity contribution < 1.29 is 4.74 Å². The fraction of sp³-hybridized carbons (Fsp3) is 0.538. The van der Waals surface area contributed by atoms with Gasteiger partial charge in [-0.3, -0.25) is 4.99 Å². The highest BCUT2D eigenvalue weighted by Crippen LogP contribution is 2.21. The highest BCUT2D eigenvalue weighted by Gasteiger charge is 2.01. The van der Waals surface area contributed by atoms with Crippen LogP contribution in [0.4, 0.5) is 5.82 Å². The minimum atomic E-state index is 0. The van der Waals surface area contributed by atoms with Crippen LogP contribution in [-0.4, -0.2) is 43.8 Å². The van der Waals surface area contributed by atoms with E-state index in [1.807, 2.05) is 6.92 Å². The number of nitrogens with one attached hydrogen (secondary N) is 2. The van der Waals surface area contributed by atoms with Gasteiger partial charge in [0.1, 0.15) is 5.82 Å². The number of guanidine groups is 1. The van der Waals surface area contributed by atoms with Gasteiger partial charge >= 0.3 is 0 Å². The highest BCUT2D eigenvalue weighted by atomic mass is 127. The van der Waals surface area contributed by atoms with Gasteiger partial charge in [-0.1, -0.05) is 23.2 Å². The maximum atomic E-state index is 5.99. The molecule has 4 N–H and O–H groups in total. The van der Waals surface area contributed by atoms with Crippen molar-refractivity contribution in [1.29, 1.82) is 0 Å². The average molecular weight is 462 g/mol. The quantitative estimate of drug-likeness (QED) is 0.228. The first kappa shape index (κ1) is 21.5. The molecule has 6 nitrogen and oxygen atoms in total. The fourth-order valence-electron chi connectivity index (χ4n) is 1.48. The molecule has 0 aliphatic heterocycles. The molecular weight excluding hydrogens is 440 g/mol. The number of nitrogens with two attached hydrogens (primary N) is 1.